The summed E-state index contributed by atoms with van der Waals surface area (Å²) in [6, 6.07) is 3.57. The van der Waals surface area contributed by atoms with Gasteiger partial charge in [-0.15, -0.1) is 0 Å². The minimum Gasteiger partial charge on any atom is -0.444 e. The van der Waals surface area contributed by atoms with E-state index < -0.39 is 101 Å². The Morgan fingerprint density at radius 3 is 1.55 bits per heavy atom. The smallest absolute Gasteiger partial charge is 0.416 e. The summed E-state index contributed by atoms with van der Waals surface area (Å²) in [6.07, 6.45) is -13.5. The van der Waals surface area contributed by atoms with E-state index in [-0.39, 0.29) is 37.4 Å². The Bertz CT molecular complexity index is 1820. The van der Waals surface area contributed by atoms with Gasteiger partial charge in [0.1, 0.15) is 28.9 Å². The molecule has 0 aliphatic carbocycles. The summed E-state index contributed by atoms with van der Waals surface area (Å²) < 4.78 is 95.9. The molecule has 6 amide bonds. The third-order valence-corrected chi connectivity index (χ3v) is 7.59. The van der Waals surface area contributed by atoms with Gasteiger partial charge in [-0.1, -0.05) is 18.2 Å². The van der Waals surface area contributed by atoms with E-state index in [0.29, 0.717) is 6.07 Å². The van der Waals surface area contributed by atoms with Crippen LogP contribution in [0.25, 0.3) is 0 Å². The molecule has 62 heavy (non-hydrogen) atoms. The minimum atomic E-state index is -4.78. The van der Waals surface area contributed by atoms with Crippen LogP contribution in [0.1, 0.15) is 85.4 Å². The van der Waals surface area contributed by atoms with E-state index in [4.69, 9.17) is 14.2 Å². The molecule has 346 valence electrons. The average molecular weight is 892 g/mol. The number of nitrogens with one attached hydrogen (secondary N) is 6. The Hall–Kier alpha value is -5.80. The van der Waals surface area contributed by atoms with Gasteiger partial charge in [-0.2, -0.15) is 26.3 Å². The highest BCUT2D eigenvalue weighted by Gasteiger charge is 2.34. The van der Waals surface area contributed by atoms with Crippen molar-refractivity contribution in [1.82, 2.24) is 31.7 Å². The van der Waals surface area contributed by atoms with Crippen molar-refractivity contribution in [2.24, 2.45) is 0 Å². The fourth-order valence-electron chi connectivity index (χ4n) is 5.05. The lowest BCUT2D eigenvalue weighted by Gasteiger charge is -2.27. The van der Waals surface area contributed by atoms with Crippen LogP contribution in [0.4, 0.5) is 46.4 Å². The van der Waals surface area contributed by atoms with E-state index in [0.717, 1.165) is 42.5 Å². The average Bonchev–Trinajstić information content (AvgIpc) is 3.08. The van der Waals surface area contributed by atoms with Crippen molar-refractivity contribution in [3.63, 3.8) is 0 Å². The van der Waals surface area contributed by atoms with Gasteiger partial charge < -0.3 is 40.8 Å². The second kappa shape index (κ2) is 21.8. The van der Waals surface area contributed by atoms with Crippen molar-refractivity contribution >= 4 is 41.7 Å². The van der Waals surface area contributed by atoms with Gasteiger partial charge in [-0.05, 0) is 98.2 Å². The first-order valence-electron chi connectivity index (χ1n) is 19.2. The highest BCUT2D eigenvalue weighted by molar-refractivity contribution is 5.99. The normalized spacial score (nSPS) is 13.2. The number of carbonyl (C=O) groups excluding carboxylic acids is 6. The van der Waals surface area contributed by atoms with Gasteiger partial charge in [0.15, 0.2) is 0 Å². The largest absolute Gasteiger partial charge is 0.444 e. The lowest BCUT2D eigenvalue weighted by atomic mass is 10.0. The number of hydrazine groups is 1. The molecule has 6 N–H and O–H groups in total. The maximum atomic E-state index is 13.9. The molecule has 0 aliphatic heterocycles. The summed E-state index contributed by atoms with van der Waals surface area (Å²) in [5, 5.41) is 13.2. The summed E-state index contributed by atoms with van der Waals surface area (Å²) in [6.45, 7) is 14.1. The van der Waals surface area contributed by atoms with Crippen LogP contribution in [0.2, 0.25) is 0 Å². The van der Waals surface area contributed by atoms with Gasteiger partial charge in [0.2, 0.25) is 17.7 Å². The summed E-state index contributed by atoms with van der Waals surface area (Å²) in [5.41, 5.74) is -2.57. The fourth-order valence-corrected chi connectivity index (χ4v) is 5.05. The van der Waals surface area contributed by atoms with E-state index in [1.807, 2.05) is 0 Å². The molecular weight excluding hydrogens is 836 g/mol. The first-order chi connectivity index (χ1) is 28.3. The van der Waals surface area contributed by atoms with Crippen molar-refractivity contribution in [1.29, 1.82) is 0 Å². The number of rotatable bonds is 16. The predicted octanol–water partition coefficient (Wildman–Crippen LogP) is 6.06. The zero-order valence-electron chi connectivity index (χ0n) is 35.9. The summed E-state index contributed by atoms with van der Waals surface area (Å²) in [4.78, 5) is 78.6. The maximum absolute atomic E-state index is 13.9. The molecule has 2 rings (SSSR count). The van der Waals surface area contributed by atoms with E-state index in [1.54, 1.807) is 41.5 Å². The molecule has 2 atom stereocenters. The van der Waals surface area contributed by atoms with Gasteiger partial charge >= 0.3 is 30.6 Å². The molecule has 0 saturated heterocycles. The molecule has 0 aliphatic rings. The van der Waals surface area contributed by atoms with Gasteiger partial charge in [0, 0.05) is 38.3 Å². The predicted molar refractivity (Wildman–Crippen MR) is 213 cm³/mol. The van der Waals surface area contributed by atoms with Crippen LogP contribution >= 0.6 is 0 Å². The van der Waals surface area contributed by atoms with Crippen LogP contribution in [0.5, 0.6) is 0 Å². The molecule has 16 nitrogen and oxygen atoms in total. The molecular formula is C40H55F6N7O9. The molecule has 0 spiro atoms. The summed E-state index contributed by atoms with van der Waals surface area (Å²) >= 11 is 0. The van der Waals surface area contributed by atoms with Crippen LogP contribution in [0.15, 0.2) is 48.5 Å². The van der Waals surface area contributed by atoms with Crippen molar-refractivity contribution in [2.75, 3.05) is 31.5 Å². The Morgan fingerprint density at radius 2 is 1.08 bits per heavy atom. The molecule has 0 unspecified atom stereocenters. The lowest BCUT2D eigenvalue weighted by Crippen LogP contribution is -2.56. The van der Waals surface area contributed by atoms with Gasteiger partial charge in [-0.25, -0.2) is 19.4 Å². The third kappa shape index (κ3) is 21.1. The number of hydrogen-bond acceptors (Lipinski definition) is 10. The van der Waals surface area contributed by atoms with Crippen molar-refractivity contribution in [2.45, 2.75) is 116 Å². The molecule has 0 bridgehead atoms. The molecule has 0 aromatic heterocycles. The zero-order valence-corrected chi connectivity index (χ0v) is 35.9. The highest BCUT2D eigenvalue weighted by Crippen LogP contribution is 2.31. The molecule has 0 radical (unpaired) electrons. The number of anilines is 1. The number of ether oxygens (including phenoxy) is 3. The molecule has 0 saturated carbocycles. The first kappa shape index (κ1) is 52.3. The van der Waals surface area contributed by atoms with Crippen molar-refractivity contribution in [3.05, 3.63) is 65.2 Å². The topological polar surface area (TPSA) is 206 Å². The number of benzene rings is 2. The maximum Gasteiger partial charge on any atom is 0.416 e. The van der Waals surface area contributed by atoms with Crippen molar-refractivity contribution in [3.8, 4) is 0 Å². The minimum absolute atomic E-state index is 0.0811. The van der Waals surface area contributed by atoms with Crippen LogP contribution < -0.4 is 32.0 Å². The third-order valence-electron chi connectivity index (χ3n) is 7.59. The number of nitrogens with zero attached hydrogens (tertiary/aromatic N) is 1. The van der Waals surface area contributed by atoms with Crippen molar-refractivity contribution < 1.29 is 69.3 Å². The first-order valence-corrected chi connectivity index (χ1v) is 19.2. The van der Waals surface area contributed by atoms with Crippen LogP contribution in [0, 0.1) is 0 Å². The number of hydrogen-bond donors (Lipinski definition) is 6. The van der Waals surface area contributed by atoms with E-state index in [1.165, 1.54) is 25.8 Å². The Kier molecular flexibility index (Phi) is 18.4. The van der Waals surface area contributed by atoms with E-state index in [9.17, 15) is 55.1 Å². The summed E-state index contributed by atoms with van der Waals surface area (Å²) in [7, 11) is 0. The zero-order chi connectivity index (χ0) is 47.3. The second-order valence-electron chi connectivity index (χ2n) is 16.8. The highest BCUT2D eigenvalue weighted by atomic mass is 19.4. The van der Waals surface area contributed by atoms with Gasteiger partial charge in [0.05, 0.1) is 17.5 Å². The van der Waals surface area contributed by atoms with Crippen LogP contribution in [-0.2, 0) is 47.4 Å². The van der Waals surface area contributed by atoms with E-state index >= 15 is 0 Å². The Morgan fingerprint density at radius 1 is 0.597 bits per heavy atom. The number of alkyl carbamates (subject to hydrolysis) is 3. The van der Waals surface area contributed by atoms with Gasteiger partial charge in [-0.3, -0.25) is 19.8 Å². The Balaban J connectivity index is 2.42. The summed E-state index contributed by atoms with van der Waals surface area (Å²) in [5.74, 6) is -3.19. The van der Waals surface area contributed by atoms with Crippen LogP contribution in [0.3, 0.4) is 0 Å². The Labute approximate surface area is 355 Å². The number of amides is 6. The molecule has 22 heteroatoms. The number of halogens is 6. The van der Waals surface area contributed by atoms with Crippen LogP contribution in [-0.4, -0.2) is 96.1 Å². The second-order valence-corrected chi connectivity index (χ2v) is 16.8. The number of carbonyl (C=O) groups is 6. The standard InChI is InChI=1S/C40H55F6N7O9/c1-36(2,3)60-33(57)47-17-19-53(20-18-48-34(58)61-37(4,5)6)52-30(54)23-29(51-35(59)62-38(7,8)9)32(56)50-28(21-24-13-15-25(16-14-24)39(41,42)43)31(55)49-27-12-10-11-26(22-27)40(44,45)46/h10-16,22,28-29H,17-21,23H2,1-9H3,(H,47,57)(H,48,58)(H,49,55)(H,50,56)(H,51,59)(H,52,54)/t28-,29-/m0/s1. The SMILES string of the molecule is CC(C)(C)OC(=O)NCCN(CCNC(=O)OC(C)(C)C)NC(=O)C[C@H](NC(=O)OC(C)(C)C)C(=O)N[C@@H](Cc1ccc(C(F)(F)F)cc1)C(=O)Nc1cccc(C(F)(F)F)c1. The molecule has 2 aromatic carbocycles. The molecule has 0 fully saturated rings. The monoisotopic (exact) mass is 891 g/mol. The lowest BCUT2D eigenvalue weighted by molar-refractivity contribution is -0.138. The number of alkyl halides is 6. The van der Waals surface area contributed by atoms with E-state index in [2.05, 4.69) is 32.0 Å². The molecule has 0 heterocycles. The fraction of sp³-hybridized carbons (Fsp3) is 0.550. The quantitative estimate of drug-likeness (QED) is 0.0654. The van der Waals surface area contributed by atoms with Gasteiger partial charge in [0.25, 0.3) is 0 Å². The molecule has 2 aromatic rings.